The maximum Gasteiger partial charge on any atom is 0.392 e. The minimum atomic E-state index is -4.35. The number of aromatic nitrogens is 4. The second-order valence-corrected chi connectivity index (χ2v) is 7.33. The van der Waals surface area contributed by atoms with Crippen LogP contribution in [0.2, 0.25) is 0 Å². The van der Waals surface area contributed by atoms with E-state index in [-0.39, 0.29) is 18.1 Å². The molecule has 0 bridgehead atoms. The van der Waals surface area contributed by atoms with Crippen molar-refractivity contribution in [2.75, 3.05) is 11.1 Å². The molecule has 1 saturated carbocycles. The highest BCUT2D eigenvalue weighted by molar-refractivity contribution is 5.98. The second-order valence-electron chi connectivity index (χ2n) is 7.33. The van der Waals surface area contributed by atoms with Gasteiger partial charge in [0.15, 0.2) is 0 Å². The van der Waals surface area contributed by atoms with Gasteiger partial charge in [0.05, 0.1) is 23.2 Å². The number of halogens is 3. The molecule has 0 spiro atoms. The van der Waals surface area contributed by atoms with E-state index in [1.165, 1.54) is 6.20 Å². The molecule has 0 aliphatic heterocycles. The molecular weight excluding hydrogens is 385 g/mol. The number of hydrogen-bond donors (Lipinski definition) is 2. The largest absolute Gasteiger partial charge is 0.392 e. The van der Waals surface area contributed by atoms with Gasteiger partial charge in [-0.25, -0.2) is 9.97 Å². The first kappa shape index (κ1) is 19.2. The summed E-state index contributed by atoms with van der Waals surface area (Å²) in [4.78, 5) is 20.7. The molecule has 152 valence electrons. The Bertz CT molecular complexity index is 1140. The predicted octanol–water partition coefficient (Wildman–Crippen LogP) is 3.37. The summed E-state index contributed by atoms with van der Waals surface area (Å²) in [6.07, 6.45) is -3.09. The summed E-state index contributed by atoms with van der Waals surface area (Å²) >= 11 is 0. The van der Waals surface area contributed by atoms with Crippen molar-refractivity contribution >= 4 is 28.3 Å². The van der Waals surface area contributed by atoms with Gasteiger partial charge >= 0.3 is 6.18 Å². The molecule has 29 heavy (non-hydrogen) atoms. The number of alkyl halides is 3. The molecule has 3 heterocycles. The zero-order chi connectivity index (χ0) is 21.1. The minimum absolute atomic E-state index is 0.173. The molecule has 1 amide bonds. The fourth-order valence-corrected chi connectivity index (χ4v) is 3.58. The molecule has 0 radical (unpaired) electrons. The van der Waals surface area contributed by atoms with Gasteiger partial charge in [0.2, 0.25) is 5.91 Å². The smallest absolute Gasteiger partial charge is 0.383 e. The zero-order valence-electron chi connectivity index (χ0n) is 16.0. The summed E-state index contributed by atoms with van der Waals surface area (Å²) in [6.45, 7) is 3.79. The van der Waals surface area contributed by atoms with E-state index < -0.39 is 23.9 Å². The number of aryl methyl sites for hydroxylation is 2. The van der Waals surface area contributed by atoms with Gasteiger partial charge in [-0.15, -0.1) is 0 Å². The Balaban J connectivity index is 1.66. The lowest BCUT2D eigenvalue weighted by atomic mass is 10.1. The maximum atomic E-state index is 12.7. The molecule has 0 unspecified atom stereocenters. The Morgan fingerprint density at radius 3 is 2.62 bits per heavy atom. The molecule has 10 heteroatoms. The van der Waals surface area contributed by atoms with Gasteiger partial charge in [-0.2, -0.15) is 18.3 Å². The fourth-order valence-electron chi connectivity index (χ4n) is 3.58. The third kappa shape index (κ3) is 3.39. The average Bonchev–Trinajstić information content (AvgIpc) is 3.38. The van der Waals surface area contributed by atoms with Gasteiger partial charge in [-0.3, -0.25) is 9.48 Å². The van der Waals surface area contributed by atoms with E-state index in [0.29, 0.717) is 16.5 Å². The number of hydrogen-bond acceptors (Lipinski definition) is 5. The first-order valence-electron chi connectivity index (χ1n) is 9.00. The van der Waals surface area contributed by atoms with Crippen molar-refractivity contribution in [3.63, 3.8) is 0 Å². The number of nitrogens with zero attached hydrogens (tertiary/aromatic N) is 4. The molecule has 0 aromatic carbocycles. The highest BCUT2D eigenvalue weighted by Gasteiger charge is 2.58. The van der Waals surface area contributed by atoms with Crippen molar-refractivity contribution in [1.82, 2.24) is 19.7 Å². The fraction of sp³-hybridized carbons (Fsp3) is 0.368. The van der Waals surface area contributed by atoms with Crippen LogP contribution in [0.1, 0.15) is 17.8 Å². The van der Waals surface area contributed by atoms with E-state index in [0.717, 1.165) is 17.0 Å². The maximum absolute atomic E-state index is 12.7. The highest BCUT2D eigenvalue weighted by Crippen LogP contribution is 2.50. The van der Waals surface area contributed by atoms with Crippen LogP contribution >= 0.6 is 0 Å². The third-order valence-electron chi connectivity index (χ3n) is 5.31. The summed E-state index contributed by atoms with van der Waals surface area (Å²) < 4.78 is 39.8. The van der Waals surface area contributed by atoms with Crippen LogP contribution in [0.4, 0.5) is 24.8 Å². The number of carbonyl (C=O) groups is 1. The Morgan fingerprint density at radius 1 is 1.31 bits per heavy atom. The number of amides is 1. The van der Waals surface area contributed by atoms with Crippen molar-refractivity contribution in [3.8, 4) is 11.3 Å². The number of anilines is 2. The lowest BCUT2D eigenvalue weighted by Gasteiger charge is -2.10. The average molecular weight is 404 g/mol. The summed E-state index contributed by atoms with van der Waals surface area (Å²) in [5.74, 6) is -2.88. The number of nitrogens with one attached hydrogen (secondary N) is 1. The van der Waals surface area contributed by atoms with Crippen molar-refractivity contribution < 1.29 is 18.0 Å². The van der Waals surface area contributed by atoms with Crippen LogP contribution in [0.3, 0.4) is 0 Å². The van der Waals surface area contributed by atoms with Crippen molar-refractivity contribution in [2.45, 2.75) is 26.4 Å². The van der Waals surface area contributed by atoms with E-state index in [1.807, 2.05) is 20.9 Å². The predicted molar refractivity (Wildman–Crippen MR) is 102 cm³/mol. The van der Waals surface area contributed by atoms with Gasteiger partial charge in [0.1, 0.15) is 11.6 Å². The van der Waals surface area contributed by atoms with Gasteiger partial charge in [-0.05, 0) is 37.8 Å². The zero-order valence-corrected chi connectivity index (χ0v) is 16.0. The third-order valence-corrected chi connectivity index (χ3v) is 5.31. The summed E-state index contributed by atoms with van der Waals surface area (Å²) in [6, 6.07) is 3.39. The standard InChI is InChI=1S/C19H19F3N6O/c1-8-16(9(2)28(3)27-8)14-4-10-5-15(24-7-12(10)17(23)25-14)26-18(29)11-6-13(11)19(20,21)22/h4-5,7,11,13H,6H2,1-3H3,(H2,23,25)(H,24,26,29)/t11-,13-/m0/s1. The van der Waals surface area contributed by atoms with Crippen LogP contribution in [0.25, 0.3) is 22.0 Å². The number of fused-ring (bicyclic) bond motifs is 1. The van der Waals surface area contributed by atoms with Crippen LogP contribution in [0.5, 0.6) is 0 Å². The Kier molecular flexibility index (Phi) is 4.25. The number of rotatable bonds is 3. The molecule has 1 aliphatic rings. The van der Waals surface area contributed by atoms with E-state index >= 15 is 0 Å². The molecule has 1 fully saturated rings. The van der Waals surface area contributed by atoms with Crippen molar-refractivity contribution in [1.29, 1.82) is 0 Å². The van der Waals surface area contributed by atoms with Crippen LogP contribution < -0.4 is 11.1 Å². The molecule has 1 aliphatic carbocycles. The van der Waals surface area contributed by atoms with Crippen LogP contribution in [-0.2, 0) is 11.8 Å². The quantitative estimate of drug-likeness (QED) is 0.697. The first-order chi connectivity index (χ1) is 13.6. The number of nitrogen functional groups attached to an aromatic ring is 1. The minimum Gasteiger partial charge on any atom is -0.383 e. The van der Waals surface area contributed by atoms with Crippen molar-refractivity contribution in [3.05, 3.63) is 29.7 Å². The van der Waals surface area contributed by atoms with Gasteiger partial charge in [-0.1, -0.05) is 0 Å². The second kappa shape index (κ2) is 6.43. The van der Waals surface area contributed by atoms with Crippen LogP contribution in [0, 0.1) is 25.7 Å². The summed E-state index contributed by atoms with van der Waals surface area (Å²) in [7, 11) is 1.83. The Labute approximate surface area is 164 Å². The Hall–Kier alpha value is -3.17. The molecule has 3 N–H and O–H groups in total. The normalized spacial score (nSPS) is 18.8. The molecule has 2 atom stereocenters. The Morgan fingerprint density at radius 2 is 2.03 bits per heavy atom. The van der Waals surface area contributed by atoms with Crippen LogP contribution in [0.15, 0.2) is 18.3 Å². The summed E-state index contributed by atoms with van der Waals surface area (Å²) in [5, 5.41) is 8.12. The monoisotopic (exact) mass is 404 g/mol. The summed E-state index contributed by atoms with van der Waals surface area (Å²) in [5.41, 5.74) is 9.28. The molecular formula is C19H19F3N6O. The molecule has 0 saturated heterocycles. The lowest BCUT2D eigenvalue weighted by molar-refractivity contribution is -0.153. The molecule has 3 aromatic rings. The van der Waals surface area contributed by atoms with Gasteiger partial charge in [0, 0.05) is 29.9 Å². The van der Waals surface area contributed by atoms with Crippen molar-refractivity contribution in [2.24, 2.45) is 18.9 Å². The van der Waals surface area contributed by atoms with Crippen LogP contribution in [-0.4, -0.2) is 31.8 Å². The van der Waals surface area contributed by atoms with E-state index in [9.17, 15) is 18.0 Å². The lowest BCUT2D eigenvalue weighted by Crippen LogP contribution is -2.20. The van der Waals surface area contributed by atoms with E-state index in [2.05, 4.69) is 20.4 Å². The van der Waals surface area contributed by atoms with E-state index in [1.54, 1.807) is 16.8 Å². The first-order valence-corrected chi connectivity index (χ1v) is 9.00. The molecule has 7 nitrogen and oxygen atoms in total. The number of pyridine rings is 2. The molecule has 3 aromatic heterocycles. The highest BCUT2D eigenvalue weighted by atomic mass is 19.4. The topological polar surface area (TPSA) is 98.7 Å². The van der Waals surface area contributed by atoms with Gasteiger partial charge in [0.25, 0.3) is 0 Å². The van der Waals surface area contributed by atoms with E-state index in [4.69, 9.17) is 5.73 Å². The SMILES string of the molecule is Cc1nn(C)c(C)c1-c1cc2cc(NC(=O)[C@H]3C[C@@H]3C(F)(F)F)ncc2c(N)n1. The molecule has 4 rings (SSSR count). The number of carbonyl (C=O) groups excluding carboxylic acids is 1. The number of nitrogens with two attached hydrogens (primary N) is 1. The van der Waals surface area contributed by atoms with Gasteiger partial charge < -0.3 is 11.1 Å².